The third kappa shape index (κ3) is 3.22. The highest BCUT2D eigenvalue weighted by atomic mass is 35.5. The lowest BCUT2D eigenvalue weighted by atomic mass is 9.97. The molecule has 3 fully saturated rings. The minimum absolute atomic E-state index is 0.200. The summed E-state index contributed by atoms with van der Waals surface area (Å²) in [5, 5.41) is 21.0. The standard InChI is InChI=1S/C17H28ClN3O/c18-11-3-1-2-10(6-11)8-19-9-15(22)21-14-7-12-4-5-13-16(14)17(13)20-12/h6,11-17,19-22H,1-5,7-9H2/t11-,12?,13+,14-,15?,16-,17?/m0/s1. The van der Waals surface area contributed by atoms with Gasteiger partial charge in [-0.3, -0.25) is 5.32 Å². The van der Waals surface area contributed by atoms with Crippen molar-refractivity contribution in [3.8, 4) is 0 Å². The average molecular weight is 326 g/mol. The molecule has 5 heteroatoms. The van der Waals surface area contributed by atoms with Gasteiger partial charge in [0, 0.05) is 31.2 Å². The molecule has 2 saturated heterocycles. The molecule has 2 aliphatic carbocycles. The van der Waals surface area contributed by atoms with Crippen LogP contribution in [0.1, 0.15) is 38.5 Å². The highest BCUT2D eigenvalue weighted by Crippen LogP contribution is 2.53. The fraction of sp³-hybridized carbons (Fsp3) is 0.882. The lowest BCUT2D eigenvalue weighted by Crippen LogP contribution is -2.52. The Bertz CT molecular complexity index is 438. The van der Waals surface area contributed by atoms with E-state index < -0.39 is 6.23 Å². The number of alkyl halides is 1. The van der Waals surface area contributed by atoms with Gasteiger partial charge >= 0.3 is 0 Å². The molecule has 0 aromatic rings. The van der Waals surface area contributed by atoms with Crippen molar-refractivity contribution in [2.24, 2.45) is 11.8 Å². The van der Waals surface area contributed by atoms with E-state index in [1.807, 2.05) is 0 Å². The molecular weight excluding hydrogens is 298 g/mol. The fourth-order valence-corrected chi connectivity index (χ4v) is 5.24. The SMILES string of the molecule is OC(CNCC1=C[C@@H](Cl)CCC1)N[C@H]1CC2CC[C@H]3C(N2)[C@H]13. The van der Waals surface area contributed by atoms with Gasteiger partial charge in [0.1, 0.15) is 6.23 Å². The number of aliphatic hydroxyl groups excluding tert-OH is 1. The van der Waals surface area contributed by atoms with Crippen molar-refractivity contribution in [3.05, 3.63) is 11.6 Å². The summed E-state index contributed by atoms with van der Waals surface area (Å²) < 4.78 is 0. The first-order valence-corrected chi connectivity index (χ1v) is 9.39. The summed E-state index contributed by atoms with van der Waals surface area (Å²) in [7, 11) is 0. The number of fused-ring (bicyclic) bond motifs is 2. The highest BCUT2D eigenvalue weighted by Gasteiger charge is 2.59. The van der Waals surface area contributed by atoms with Crippen LogP contribution in [0, 0.1) is 11.8 Å². The Labute approximate surface area is 138 Å². The van der Waals surface area contributed by atoms with E-state index in [-0.39, 0.29) is 5.38 Å². The van der Waals surface area contributed by atoms with Crippen LogP contribution in [0.3, 0.4) is 0 Å². The van der Waals surface area contributed by atoms with Gasteiger partial charge in [0.15, 0.2) is 0 Å². The van der Waals surface area contributed by atoms with E-state index in [2.05, 4.69) is 22.0 Å². The third-order valence-electron chi connectivity index (χ3n) is 6.00. The van der Waals surface area contributed by atoms with Gasteiger partial charge in [0.25, 0.3) is 0 Å². The predicted octanol–water partition coefficient (Wildman–Crippen LogP) is 1.34. The zero-order chi connectivity index (χ0) is 15.1. The molecule has 4 N–H and O–H groups in total. The first kappa shape index (κ1) is 15.4. The number of hydrogen-bond acceptors (Lipinski definition) is 4. The molecule has 4 rings (SSSR count). The van der Waals surface area contributed by atoms with E-state index >= 15 is 0 Å². The fourth-order valence-electron chi connectivity index (χ4n) is 4.90. The maximum atomic E-state index is 10.3. The van der Waals surface area contributed by atoms with Gasteiger partial charge in [0.2, 0.25) is 0 Å². The smallest absolute Gasteiger partial charge is 0.117 e. The molecule has 0 spiro atoms. The van der Waals surface area contributed by atoms with Crippen LogP contribution in [-0.4, -0.2) is 47.9 Å². The van der Waals surface area contributed by atoms with Crippen LogP contribution in [0.2, 0.25) is 0 Å². The Balaban J connectivity index is 1.20. The summed E-state index contributed by atoms with van der Waals surface area (Å²) in [6.45, 7) is 1.46. The van der Waals surface area contributed by atoms with Gasteiger partial charge in [-0.05, 0) is 50.4 Å². The number of allylic oxidation sites excluding steroid dienone is 1. The number of nitrogens with one attached hydrogen (secondary N) is 3. The summed E-state index contributed by atoms with van der Waals surface area (Å²) in [6.07, 6.45) is 9.02. The molecule has 7 atom stereocenters. The molecule has 22 heavy (non-hydrogen) atoms. The molecule has 2 aliphatic heterocycles. The van der Waals surface area contributed by atoms with Gasteiger partial charge in [0.05, 0.1) is 5.38 Å². The Morgan fingerprint density at radius 3 is 3.14 bits per heavy atom. The Kier molecular flexibility index (Phi) is 4.48. The van der Waals surface area contributed by atoms with Gasteiger partial charge in [-0.1, -0.05) is 11.6 Å². The number of hydrogen-bond donors (Lipinski definition) is 4. The lowest BCUT2D eigenvalue weighted by molar-refractivity contribution is 0.107. The molecule has 0 radical (unpaired) electrons. The quantitative estimate of drug-likeness (QED) is 0.338. The van der Waals surface area contributed by atoms with E-state index in [1.165, 1.54) is 31.3 Å². The zero-order valence-corrected chi connectivity index (χ0v) is 13.9. The zero-order valence-electron chi connectivity index (χ0n) is 13.1. The number of rotatable bonds is 6. The van der Waals surface area contributed by atoms with Crippen LogP contribution in [-0.2, 0) is 0 Å². The maximum absolute atomic E-state index is 10.3. The second-order valence-corrected chi connectivity index (χ2v) is 8.16. The van der Waals surface area contributed by atoms with Crippen molar-refractivity contribution in [3.63, 3.8) is 0 Å². The summed E-state index contributed by atoms with van der Waals surface area (Å²) in [5.74, 6) is 1.62. The molecule has 124 valence electrons. The Morgan fingerprint density at radius 2 is 2.27 bits per heavy atom. The second kappa shape index (κ2) is 6.40. The summed E-state index contributed by atoms with van der Waals surface area (Å²) in [5.41, 5.74) is 1.39. The normalized spacial score (nSPS) is 44.4. The summed E-state index contributed by atoms with van der Waals surface area (Å²) >= 11 is 6.16. The van der Waals surface area contributed by atoms with Gasteiger partial charge < -0.3 is 15.7 Å². The molecular formula is C17H28ClN3O. The molecule has 0 aromatic carbocycles. The van der Waals surface area contributed by atoms with Crippen LogP contribution in [0.25, 0.3) is 0 Å². The van der Waals surface area contributed by atoms with E-state index in [9.17, 15) is 5.11 Å². The highest BCUT2D eigenvalue weighted by molar-refractivity contribution is 6.21. The monoisotopic (exact) mass is 325 g/mol. The van der Waals surface area contributed by atoms with Crippen molar-refractivity contribution in [1.82, 2.24) is 16.0 Å². The van der Waals surface area contributed by atoms with Crippen LogP contribution < -0.4 is 16.0 Å². The minimum atomic E-state index is -0.445. The number of piperidine rings is 2. The average Bonchev–Trinajstić information content (AvgIpc) is 3.24. The van der Waals surface area contributed by atoms with E-state index in [0.717, 1.165) is 37.3 Å². The largest absolute Gasteiger partial charge is 0.377 e. The van der Waals surface area contributed by atoms with Gasteiger partial charge in [-0.2, -0.15) is 0 Å². The number of aliphatic hydroxyl groups is 1. The van der Waals surface area contributed by atoms with Crippen molar-refractivity contribution in [2.75, 3.05) is 13.1 Å². The molecule has 0 amide bonds. The molecule has 2 heterocycles. The minimum Gasteiger partial charge on any atom is -0.377 e. The van der Waals surface area contributed by atoms with Crippen LogP contribution >= 0.6 is 11.6 Å². The second-order valence-electron chi connectivity index (χ2n) is 7.60. The van der Waals surface area contributed by atoms with E-state index in [1.54, 1.807) is 0 Å². The van der Waals surface area contributed by atoms with Crippen molar-refractivity contribution in [2.45, 2.75) is 68.3 Å². The molecule has 0 aromatic heterocycles. The van der Waals surface area contributed by atoms with Crippen molar-refractivity contribution < 1.29 is 5.11 Å². The molecule has 2 bridgehead atoms. The maximum Gasteiger partial charge on any atom is 0.117 e. The molecule has 4 nitrogen and oxygen atoms in total. The summed E-state index contributed by atoms with van der Waals surface area (Å²) in [6, 6.07) is 1.91. The summed E-state index contributed by atoms with van der Waals surface area (Å²) in [4.78, 5) is 0. The number of halogens is 1. The Hall–Kier alpha value is -0.130. The van der Waals surface area contributed by atoms with Crippen LogP contribution in [0.15, 0.2) is 11.6 Å². The van der Waals surface area contributed by atoms with E-state index in [4.69, 9.17) is 11.6 Å². The van der Waals surface area contributed by atoms with Crippen LogP contribution in [0.5, 0.6) is 0 Å². The first-order chi connectivity index (χ1) is 10.7. The lowest BCUT2D eigenvalue weighted by Gasteiger charge is -2.32. The van der Waals surface area contributed by atoms with Gasteiger partial charge in [-0.25, -0.2) is 0 Å². The molecule has 1 saturated carbocycles. The van der Waals surface area contributed by atoms with E-state index in [0.29, 0.717) is 18.6 Å². The van der Waals surface area contributed by atoms with Crippen molar-refractivity contribution >= 4 is 11.6 Å². The van der Waals surface area contributed by atoms with Crippen molar-refractivity contribution in [1.29, 1.82) is 0 Å². The predicted molar refractivity (Wildman–Crippen MR) is 88.9 cm³/mol. The molecule has 4 aliphatic rings. The van der Waals surface area contributed by atoms with Crippen LogP contribution in [0.4, 0.5) is 0 Å². The Morgan fingerprint density at radius 1 is 1.36 bits per heavy atom. The topological polar surface area (TPSA) is 56.3 Å². The first-order valence-electron chi connectivity index (χ1n) is 8.95. The third-order valence-corrected chi connectivity index (χ3v) is 6.34. The molecule has 3 unspecified atom stereocenters. The van der Waals surface area contributed by atoms with Gasteiger partial charge in [-0.15, -0.1) is 11.6 Å².